The van der Waals surface area contributed by atoms with Crippen LogP contribution in [0.15, 0.2) is 24.7 Å². The van der Waals surface area contributed by atoms with Gasteiger partial charge in [0, 0.05) is 37.7 Å². The van der Waals surface area contributed by atoms with Crippen LogP contribution in [0, 0.1) is 0 Å². The molecule has 0 spiro atoms. The van der Waals surface area contributed by atoms with Crippen molar-refractivity contribution in [3.8, 4) is 5.88 Å². The summed E-state index contributed by atoms with van der Waals surface area (Å²) in [7, 11) is 1.61. The minimum absolute atomic E-state index is 0.369. The van der Waals surface area contributed by atoms with Crippen molar-refractivity contribution < 1.29 is 4.74 Å². The van der Waals surface area contributed by atoms with Gasteiger partial charge in [0.25, 0.3) is 0 Å². The molecule has 6 nitrogen and oxygen atoms in total. The molecule has 3 heterocycles. The van der Waals surface area contributed by atoms with E-state index in [-0.39, 0.29) is 0 Å². The lowest BCUT2D eigenvalue weighted by Crippen LogP contribution is -2.46. The van der Waals surface area contributed by atoms with Crippen LogP contribution in [0.1, 0.15) is 36.1 Å². The van der Waals surface area contributed by atoms with Gasteiger partial charge in [0.15, 0.2) is 0 Å². The predicted octanol–water partition coefficient (Wildman–Crippen LogP) is 1.76. The van der Waals surface area contributed by atoms with Crippen LogP contribution in [0.5, 0.6) is 5.88 Å². The Balaban J connectivity index is 1.41. The molecule has 2 fully saturated rings. The van der Waals surface area contributed by atoms with Gasteiger partial charge in [-0.15, -0.1) is 0 Å². The Morgan fingerprint density at radius 1 is 1.10 bits per heavy atom. The van der Waals surface area contributed by atoms with E-state index in [0.717, 1.165) is 18.9 Å². The summed E-state index contributed by atoms with van der Waals surface area (Å²) >= 11 is 0. The van der Waals surface area contributed by atoms with E-state index < -0.39 is 0 Å². The van der Waals surface area contributed by atoms with E-state index in [4.69, 9.17) is 4.74 Å². The number of ether oxygens (including phenoxy) is 1. The minimum atomic E-state index is 0.369. The van der Waals surface area contributed by atoms with E-state index in [1.165, 1.54) is 18.4 Å². The molecular formula is C15H17N5O. The molecule has 0 aromatic carbocycles. The highest BCUT2D eigenvalue weighted by molar-refractivity contribution is 5.38. The van der Waals surface area contributed by atoms with Crippen LogP contribution in [0.2, 0.25) is 0 Å². The van der Waals surface area contributed by atoms with Crippen molar-refractivity contribution in [2.45, 2.75) is 24.7 Å². The molecule has 2 aromatic rings. The van der Waals surface area contributed by atoms with E-state index in [2.05, 4.69) is 24.8 Å². The quantitative estimate of drug-likeness (QED) is 0.852. The van der Waals surface area contributed by atoms with Gasteiger partial charge in [-0.25, -0.2) is 15.0 Å². The molecule has 0 N–H and O–H groups in total. The third-order valence-corrected chi connectivity index (χ3v) is 4.10. The first-order valence-corrected chi connectivity index (χ1v) is 7.27. The van der Waals surface area contributed by atoms with E-state index in [1.54, 1.807) is 19.4 Å². The van der Waals surface area contributed by atoms with Gasteiger partial charge in [0.2, 0.25) is 11.8 Å². The van der Waals surface area contributed by atoms with E-state index in [0.29, 0.717) is 23.7 Å². The van der Waals surface area contributed by atoms with Crippen molar-refractivity contribution in [3.63, 3.8) is 0 Å². The third-order valence-electron chi connectivity index (χ3n) is 4.10. The first-order valence-electron chi connectivity index (χ1n) is 7.27. The van der Waals surface area contributed by atoms with Gasteiger partial charge >= 0.3 is 0 Å². The molecule has 1 saturated heterocycles. The highest BCUT2D eigenvalue weighted by atomic mass is 16.5. The third kappa shape index (κ3) is 2.41. The molecule has 6 heteroatoms. The molecule has 0 bridgehead atoms. The zero-order chi connectivity index (χ0) is 14.2. The van der Waals surface area contributed by atoms with Gasteiger partial charge in [0.05, 0.1) is 13.0 Å². The van der Waals surface area contributed by atoms with Crippen LogP contribution in [0.4, 0.5) is 5.95 Å². The summed E-state index contributed by atoms with van der Waals surface area (Å²) in [6.45, 7) is 1.71. The molecule has 1 saturated carbocycles. The number of nitrogens with zero attached hydrogens (tertiary/aromatic N) is 5. The summed E-state index contributed by atoms with van der Waals surface area (Å²) in [6, 6.07) is 1.75. The molecule has 4 rings (SSSR count). The van der Waals surface area contributed by atoms with E-state index in [9.17, 15) is 0 Å². The number of hydrogen-bond acceptors (Lipinski definition) is 6. The average molecular weight is 283 g/mol. The topological polar surface area (TPSA) is 64.0 Å². The van der Waals surface area contributed by atoms with Crippen molar-refractivity contribution in [2.75, 3.05) is 25.1 Å². The largest absolute Gasteiger partial charge is 0.481 e. The van der Waals surface area contributed by atoms with Crippen LogP contribution in [-0.2, 0) is 0 Å². The monoisotopic (exact) mass is 283 g/mol. The van der Waals surface area contributed by atoms with Crippen molar-refractivity contribution >= 4 is 5.95 Å². The Morgan fingerprint density at radius 3 is 2.52 bits per heavy atom. The van der Waals surface area contributed by atoms with Crippen molar-refractivity contribution in [3.05, 3.63) is 36.0 Å². The van der Waals surface area contributed by atoms with Gasteiger partial charge in [-0.3, -0.25) is 0 Å². The second kappa shape index (κ2) is 4.95. The highest BCUT2D eigenvalue weighted by Crippen LogP contribution is 2.39. The van der Waals surface area contributed by atoms with Gasteiger partial charge in [-0.05, 0) is 24.3 Å². The Hall–Kier alpha value is -2.24. The fourth-order valence-corrected chi connectivity index (χ4v) is 2.59. The molecule has 21 heavy (non-hydrogen) atoms. The summed E-state index contributed by atoms with van der Waals surface area (Å²) in [5.41, 5.74) is 1.28. The normalized spacial score (nSPS) is 18.4. The van der Waals surface area contributed by atoms with Gasteiger partial charge in [-0.2, -0.15) is 4.98 Å². The zero-order valence-electron chi connectivity index (χ0n) is 11.9. The minimum Gasteiger partial charge on any atom is -0.481 e. The molecule has 0 unspecified atom stereocenters. The second-order valence-electron chi connectivity index (χ2n) is 5.65. The number of aromatic nitrogens is 4. The Labute approximate surface area is 123 Å². The van der Waals surface area contributed by atoms with Gasteiger partial charge in [-0.1, -0.05) is 0 Å². The molecule has 2 aliphatic rings. The highest BCUT2D eigenvalue weighted by Gasteiger charge is 2.32. The van der Waals surface area contributed by atoms with Crippen LogP contribution in [-0.4, -0.2) is 40.1 Å². The number of rotatable bonds is 4. The first-order chi connectivity index (χ1) is 10.3. The lowest BCUT2D eigenvalue weighted by molar-refractivity contribution is 0.394. The molecule has 1 aliphatic carbocycles. The maximum atomic E-state index is 5.12. The summed E-state index contributed by atoms with van der Waals surface area (Å²) < 4.78 is 5.12. The summed E-state index contributed by atoms with van der Waals surface area (Å²) in [5.74, 6) is 3.31. The predicted molar refractivity (Wildman–Crippen MR) is 77.5 cm³/mol. The summed E-state index contributed by atoms with van der Waals surface area (Å²) in [4.78, 5) is 19.8. The summed E-state index contributed by atoms with van der Waals surface area (Å²) in [6.07, 6.45) is 8.27. The average Bonchev–Trinajstić information content (AvgIpc) is 3.31. The fourth-order valence-electron chi connectivity index (χ4n) is 2.59. The number of hydrogen-bond donors (Lipinski definition) is 0. The van der Waals surface area contributed by atoms with Crippen LogP contribution in [0.3, 0.4) is 0 Å². The molecule has 1 aliphatic heterocycles. The lowest BCUT2D eigenvalue weighted by atomic mass is 9.99. The standard InChI is InChI=1S/C15H17N5O/c1-21-13-4-5-16-15(19-13)20-8-12(9-20)14-17-6-11(7-18-14)10-2-3-10/h4-7,10,12H,2-3,8-9H2,1H3. The van der Waals surface area contributed by atoms with Gasteiger partial charge in [0.1, 0.15) is 5.82 Å². The zero-order valence-corrected chi connectivity index (χ0v) is 11.9. The Bertz CT molecular complexity index is 635. The second-order valence-corrected chi connectivity index (χ2v) is 5.65. The van der Waals surface area contributed by atoms with Crippen LogP contribution < -0.4 is 9.64 Å². The fraction of sp³-hybridized carbons (Fsp3) is 0.467. The maximum absolute atomic E-state index is 5.12. The van der Waals surface area contributed by atoms with Crippen molar-refractivity contribution in [1.82, 2.24) is 19.9 Å². The van der Waals surface area contributed by atoms with E-state index >= 15 is 0 Å². The van der Waals surface area contributed by atoms with Crippen LogP contribution >= 0.6 is 0 Å². The van der Waals surface area contributed by atoms with Crippen molar-refractivity contribution in [2.24, 2.45) is 0 Å². The Kier molecular flexibility index (Phi) is 2.94. The molecule has 2 aromatic heterocycles. The SMILES string of the molecule is COc1ccnc(N2CC(c3ncc(C4CC4)cn3)C2)n1. The van der Waals surface area contributed by atoms with E-state index in [1.807, 2.05) is 12.4 Å². The smallest absolute Gasteiger partial charge is 0.228 e. The molecule has 108 valence electrons. The Morgan fingerprint density at radius 2 is 1.86 bits per heavy atom. The number of methoxy groups -OCH3 is 1. The first kappa shape index (κ1) is 12.5. The number of anilines is 1. The van der Waals surface area contributed by atoms with Gasteiger partial charge < -0.3 is 9.64 Å². The molecule has 0 radical (unpaired) electrons. The molecule has 0 amide bonds. The molecule has 0 atom stereocenters. The van der Waals surface area contributed by atoms with Crippen molar-refractivity contribution in [1.29, 1.82) is 0 Å². The maximum Gasteiger partial charge on any atom is 0.228 e. The van der Waals surface area contributed by atoms with Crippen LogP contribution in [0.25, 0.3) is 0 Å². The lowest BCUT2D eigenvalue weighted by Gasteiger charge is -2.38. The summed E-state index contributed by atoms with van der Waals surface area (Å²) in [5, 5.41) is 0. The molecular weight excluding hydrogens is 266 g/mol.